The summed E-state index contributed by atoms with van der Waals surface area (Å²) in [6.07, 6.45) is 25.9. The van der Waals surface area contributed by atoms with Crippen molar-refractivity contribution in [1.82, 2.24) is 0 Å². The van der Waals surface area contributed by atoms with Gasteiger partial charge in [0.2, 0.25) is 0 Å². The third-order valence-electron chi connectivity index (χ3n) is 7.64. The maximum atomic E-state index is 13.1. The maximum Gasteiger partial charge on any atom is 0.329 e. The Balaban J connectivity index is 5.19. The molecule has 0 aromatic rings. The minimum absolute atomic E-state index is 0.0527. The molecule has 0 aromatic carbocycles. The van der Waals surface area contributed by atoms with E-state index in [4.69, 9.17) is 4.74 Å². The third kappa shape index (κ3) is 17.0. The number of ether oxygens (including phenoxy) is 1. The third-order valence-corrected chi connectivity index (χ3v) is 13.1. The Morgan fingerprint density at radius 3 is 1.21 bits per heavy atom. The highest BCUT2D eigenvalue weighted by Crippen LogP contribution is 2.36. The molecular formula is C31H62O2Si. The number of rotatable bonds is 26. The van der Waals surface area contributed by atoms with Gasteiger partial charge in [0, 0.05) is 5.20 Å². The molecular weight excluding hydrogens is 432 g/mol. The van der Waals surface area contributed by atoms with Gasteiger partial charge in [0.05, 0.1) is 14.7 Å². The second kappa shape index (κ2) is 24.1. The van der Waals surface area contributed by atoms with Gasteiger partial charge in [-0.05, 0) is 6.42 Å². The van der Waals surface area contributed by atoms with Crippen LogP contribution in [0.3, 0.4) is 0 Å². The second-order valence-corrected chi connectivity index (χ2v) is 15.5. The van der Waals surface area contributed by atoms with Crippen LogP contribution < -0.4 is 0 Å². The first-order chi connectivity index (χ1) is 16.6. The molecule has 0 aliphatic heterocycles. The van der Waals surface area contributed by atoms with Gasteiger partial charge in [-0.2, -0.15) is 0 Å². The molecule has 0 bridgehead atoms. The first-order valence-corrected chi connectivity index (χ1v) is 18.1. The summed E-state index contributed by atoms with van der Waals surface area (Å²) >= 11 is 0. The Hall–Kier alpha value is -0.573. The van der Waals surface area contributed by atoms with Crippen LogP contribution in [0.25, 0.3) is 0 Å². The first kappa shape index (κ1) is 33.4. The highest BCUT2D eigenvalue weighted by Gasteiger charge is 2.38. The minimum atomic E-state index is -1.90. The summed E-state index contributed by atoms with van der Waals surface area (Å²) in [5.74, 6) is -0.0527. The molecule has 0 aliphatic rings. The van der Waals surface area contributed by atoms with Crippen molar-refractivity contribution in [3.63, 3.8) is 0 Å². The van der Waals surface area contributed by atoms with Crippen LogP contribution in [-0.2, 0) is 9.53 Å². The van der Waals surface area contributed by atoms with Crippen LogP contribution in [-0.4, -0.2) is 20.7 Å². The zero-order valence-corrected chi connectivity index (χ0v) is 25.0. The zero-order chi connectivity index (χ0) is 25.3. The van der Waals surface area contributed by atoms with Crippen LogP contribution in [0.15, 0.2) is 11.8 Å². The average Bonchev–Trinajstić information content (AvgIpc) is 2.84. The summed E-state index contributed by atoms with van der Waals surface area (Å²) in [4.78, 5) is 13.1. The molecule has 0 atom stereocenters. The summed E-state index contributed by atoms with van der Waals surface area (Å²) in [7, 11) is -1.90. The van der Waals surface area contributed by atoms with Gasteiger partial charge in [-0.15, -0.1) is 0 Å². The molecule has 0 aliphatic carbocycles. The fourth-order valence-corrected chi connectivity index (χ4v) is 10.1. The van der Waals surface area contributed by atoms with E-state index in [9.17, 15) is 4.79 Å². The quantitative estimate of drug-likeness (QED) is 0.0517. The lowest BCUT2D eigenvalue weighted by Crippen LogP contribution is -2.40. The van der Waals surface area contributed by atoms with E-state index in [1.807, 2.05) is 0 Å². The number of carbonyl (C=O) groups is 1. The van der Waals surface area contributed by atoms with E-state index in [2.05, 4.69) is 34.3 Å². The number of hydrogen-bond donors (Lipinski definition) is 0. The molecule has 34 heavy (non-hydrogen) atoms. The van der Waals surface area contributed by atoms with Gasteiger partial charge in [0.1, 0.15) is 0 Å². The largest absolute Gasteiger partial charge is 0.463 e. The van der Waals surface area contributed by atoms with Crippen molar-refractivity contribution < 1.29 is 9.53 Å². The van der Waals surface area contributed by atoms with Crippen LogP contribution >= 0.6 is 0 Å². The molecule has 0 amide bonds. The maximum absolute atomic E-state index is 13.1. The number of esters is 1. The van der Waals surface area contributed by atoms with E-state index < -0.39 is 8.07 Å². The van der Waals surface area contributed by atoms with Crippen molar-refractivity contribution >= 4 is 14.0 Å². The molecule has 0 N–H and O–H groups in total. The van der Waals surface area contributed by atoms with E-state index in [0.717, 1.165) is 18.0 Å². The molecule has 2 nitrogen and oxygen atoms in total. The van der Waals surface area contributed by atoms with E-state index in [1.165, 1.54) is 134 Å². The molecule has 0 aromatic heterocycles. The van der Waals surface area contributed by atoms with E-state index in [0.29, 0.717) is 6.61 Å². The fourth-order valence-electron chi connectivity index (χ4n) is 5.17. The minimum Gasteiger partial charge on any atom is -0.463 e. The van der Waals surface area contributed by atoms with Crippen molar-refractivity contribution in [2.75, 3.05) is 6.61 Å². The highest BCUT2D eigenvalue weighted by molar-refractivity contribution is 6.90. The molecule has 0 saturated heterocycles. The lowest BCUT2D eigenvalue weighted by molar-refractivity contribution is -0.138. The number of hydrogen-bond acceptors (Lipinski definition) is 2. The fraction of sp³-hybridized carbons (Fsp3) is 0.903. The van der Waals surface area contributed by atoms with Crippen molar-refractivity contribution in [2.24, 2.45) is 0 Å². The van der Waals surface area contributed by atoms with Crippen molar-refractivity contribution in [2.45, 2.75) is 174 Å². The van der Waals surface area contributed by atoms with Gasteiger partial charge < -0.3 is 4.74 Å². The molecule has 0 spiro atoms. The molecule has 3 heteroatoms. The molecule has 202 valence electrons. The van der Waals surface area contributed by atoms with Crippen LogP contribution in [0.5, 0.6) is 0 Å². The second-order valence-electron chi connectivity index (χ2n) is 10.8. The molecule has 0 saturated carbocycles. The summed E-state index contributed by atoms with van der Waals surface area (Å²) in [6.45, 7) is 14.0. The van der Waals surface area contributed by atoms with E-state index in [-0.39, 0.29) is 5.97 Å². The van der Waals surface area contributed by atoms with Gasteiger partial charge in [0.15, 0.2) is 0 Å². The van der Waals surface area contributed by atoms with Crippen LogP contribution in [0, 0.1) is 0 Å². The van der Waals surface area contributed by atoms with Gasteiger partial charge >= 0.3 is 5.97 Å². The predicted octanol–water partition coefficient (Wildman–Crippen LogP) is 11.0. The number of carbonyl (C=O) groups excluding carboxylic acids is 1. The van der Waals surface area contributed by atoms with Gasteiger partial charge in [-0.1, -0.05) is 174 Å². The van der Waals surface area contributed by atoms with E-state index in [1.54, 1.807) is 0 Å². The van der Waals surface area contributed by atoms with E-state index >= 15 is 0 Å². The zero-order valence-electron chi connectivity index (χ0n) is 24.0. The predicted molar refractivity (Wildman–Crippen MR) is 155 cm³/mol. The molecule has 0 radical (unpaired) electrons. The normalized spacial score (nSPS) is 11.6. The van der Waals surface area contributed by atoms with Crippen LogP contribution in [0.2, 0.25) is 18.1 Å². The van der Waals surface area contributed by atoms with Crippen molar-refractivity contribution in [1.29, 1.82) is 0 Å². The lowest BCUT2D eigenvalue weighted by Gasteiger charge is -2.33. The van der Waals surface area contributed by atoms with Gasteiger partial charge in [-0.25, -0.2) is 4.79 Å². The monoisotopic (exact) mass is 494 g/mol. The smallest absolute Gasteiger partial charge is 0.329 e. The molecule has 0 unspecified atom stereocenters. The Bertz CT molecular complexity index is 433. The Kier molecular flexibility index (Phi) is 23.7. The summed E-state index contributed by atoms with van der Waals surface area (Å²) in [5, 5.41) is 0.930. The van der Waals surface area contributed by atoms with Gasteiger partial charge in [-0.3, -0.25) is 0 Å². The SMILES string of the molecule is C=C(C(=O)OCCCC)[Si](CCCCCCCC)(CCCCCCCC)CCCCCCCC. The summed E-state index contributed by atoms with van der Waals surface area (Å²) in [6, 6.07) is 3.76. The Morgan fingerprint density at radius 2 is 0.853 bits per heavy atom. The standard InChI is InChI=1S/C31H62O2Si/c1-6-10-14-17-20-23-27-34(28-24-21-18-15-11-7-2,29-25-22-19-16-12-8-3)30(5)31(32)33-26-13-9-4/h5-29H2,1-4H3. The Morgan fingerprint density at radius 1 is 0.529 bits per heavy atom. The van der Waals surface area contributed by atoms with Gasteiger partial charge in [0.25, 0.3) is 0 Å². The molecule has 0 rings (SSSR count). The van der Waals surface area contributed by atoms with Crippen molar-refractivity contribution in [3.05, 3.63) is 11.8 Å². The number of unbranched alkanes of at least 4 members (excludes halogenated alkanes) is 16. The lowest BCUT2D eigenvalue weighted by atomic mass is 10.1. The van der Waals surface area contributed by atoms with Crippen LogP contribution in [0.1, 0.15) is 156 Å². The average molecular weight is 495 g/mol. The highest BCUT2D eigenvalue weighted by atomic mass is 28.3. The topological polar surface area (TPSA) is 26.3 Å². The molecule has 0 heterocycles. The summed E-state index contributed by atoms with van der Waals surface area (Å²) in [5.41, 5.74) is 0. The summed E-state index contributed by atoms with van der Waals surface area (Å²) < 4.78 is 5.72. The first-order valence-electron chi connectivity index (χ1n) is 15.4. The molecule has 0 fully saturated rings. The Labute approximate surface area is 216 Å². The van der Waals surface area contributed by atoms with Crippen LogP contribution in [0.4, 0.5) is 0 Å². The van der Waals surface area contributed by atoms with Crippen molar-refractivity contribution in [3.8, 4) is 0 Å².